The third kappa shape index (κ3) is 3.31. The summed E-state index contributed by atoms with van der Waals surface area (Å²) in [6.07, 6.45) is 3.33. The van der Waals surface area contributed by atoms with Crippen LogP contribution in [0.25, 0.3) is 10.9 Å². The summed E-state index contributed by atoms with van der Waals surface area (Å²) in [6.45, 7) is 4.37. The van der Waals surface area contributed by atoms with E-state index in [1.54, 1.807) is 13.0 Å². The summed E-state index contributed by atoms with van der Waals surface area (Å²) >= 11 is 0. The van der Waals surface area contributed by atoms with Crippen molar-refractivity contribution in [1.29, 1.82) is 0 Å². The van der Waals surface area contributed by atoms with Crippen LogP contribution in [0.2, 0.25) is 0 Å². The highest BCUT2D eigenvalue weighted by molar-refractivity contribution is 5.94. The number of ether oxygens (including phenoxy) is 1. The maximum absolute atomic E-state index is 11.7. The van der Waals surface area contributed by atoms with Crippen molar-refractivity contribution in [2.75, 3.05) is 6.61 Å². The van der Waals surface area contributed by atoms with Crippen LogP contribution >= 0.6 is 0 Å². The number of hydrogen-bond donors (Lipinski definition) is 0. The Hall–Kier alpha value is -1.90. The number of pyridine rings is 1. The molecule has 0 aliphatic carbocycles. The van der Waals surface area contributed by atoms with E-state index in [-0.39, 0.29) is 5.97 Å². The quantitative estimate of drug-likeness (QED) is 0.766. The summed E-state index contributed by atoms with van der Waals surface area (Å²) < 4.78 is 4.99. The zero-order chi connectivity index (χ0) is 13.7. The fourth-order valence-electron chi connectivity index (χ4n) is 2.01. The third-order valence-electron chi connectivity index (χ3n) is 3.04. The molecule has 1 aromatic carbocycles. The summed E-state index contributed by atoms with van der Waals surface area (Å²) in [5.41, 5.74) is 2.62. The second-order valence-corrected chi connectivity index (χ2v) is 4.53. The van der Waals surface area contributed by atoms with Crippen molar-refractivity contribution in [3.8, 4) is 0 Å². The molecule has 0 aliphatic heterocycles. The first-order chi connectivity index (χ1) is 9.24. The van der Waals surface area contributed by atoms with Gasteiger partial charge in [-0.1, -0.05) is 19.4 Å². The van der Waals surface area contributed by atoms with Crippen molar-refractivity contribution in [3.05, 3.63) is 41.6 Å². The number of aromatic nitrogens is 1. The number of esters is 1. The minimum atomic E-state index is -0.278. The van der Waals surface area contributed by atoms with Gasteiger partial charge in [-0.2, -0.15) is 0 Å². The molecule has 0 spiro atoms. The predicted molar refractivity (Wildman–Crippen MR) is 76.3 cm³/mol. The number of hydrogen-bond acceptors (Lipinski definition) is 3. The van der Waals surface area contributed by atoms with Crippen molar-refractivity contribution in [2.24, 2.45) is 0 Å². The van der Waals surface area contributed by atoms with Gasteiger partial charge in [-0.3, -0.25) is 4.98 Å². The average molecular weight is 257 g/mol. The first-order valence-corrected chi connectivity index (χ1v) is 6.81. The second kappa shape index (κ2) is 6.32. The Morgan fingerprint density at radius 1 is 1.21 bits per heavy atom. The van der Waals surface area contributed by atoms with Crippen LogP contribution < -0.4 is 0 Å². The second-order valence-electron chi connectivity index (χ2n) is 4.53. The van der Waals surface area contributed by atoms with Gasteiger partial charge in [0.2, 0.25) is 0 Å². The zero-order valence-corrected chi connectivity index (χ0v) is 11.5. The van der Waals surface area contributed by atoms with Crippen LogP contribution in [0.1, 0.15) is 42.7 Å². The molecule has 100 valence electrons. The van der Waals surface area contributed by atoms with Gasteiger partial charge in [-0.15, -0.1) is 0 Å². The van der Waals surface area contributed by atoms with Crippen LogP contribution in [0, 0.1) is 0 Å². The number of nitrogens with zero attached hydrogens (tertiary/aromatic N) is 1. The van der Waals surface area contributed by atoms with Crippen LogP contribution in [-0.2, 0) is 11.2 Å². The van der Waals surface area contributed by atoms with Crippen molar-refractivity contribution in [2.45, 2.75) is 33.1 Å². The van der Waals surface area contributed by atoms with E-state index in [2.05, 4.69) is 11.9 Å². The molecular formula is C16H19NO2. The van der Waals surface area contributed by atoms with Gasteiger partial charge in [0.25, 0.3) is 0 Å². The Bertz CT molecular complexity index is 578. The molecule has 2 rings (SSSR count). The molecule has 0 N–H and O–H groups in total. The Kier molecular flexibility index (Phi) is 4.50. The van der Waals surface area contributed by atoms with Gasteiger partial charge in [0.15, 0.2) is 0 Å². The molecule has 19 heavy (non-hydrogen) atoms. The van der Waals surface area contributed by atoms with Gasteiger partial charge in [-0.05, 0) is 44.0 Å². The van der Waals surface area contributed by atoms with Gasteiger partial charge in [0.1, 0.15) is 0 Å². The lowest BCUT2D eigenvalue weighted by Crippen LogP contribution is -2.04. The normalized spacial score (nSPS) is 10.6. The van der Waals surface area contributed by atoms with Crippen molar-refractivity contribution in [3.63, 3.8) is 0 Å². The lowest BCUT2D eigenvalue weighted by atomic mass is 10.1. The molecule has 0 saturated heterocycles. The van der Waals surface area contributed by atoms with Crippen LogP contribution in [-0.4, -0.2) is 17.6 Å². The predicted octanol–water partition coefficient (Wildman–Crippen LogP) is 3.75. The highest BCUT2D eigenvalue weighted by atomic mass is 16.5. The van der Waals surface area contributed by atoms with E-state index in [1.807, 2.05) is 24.3 Å². The van der Waals surface area contributed by atoms with Crippen molar-refractivity contribution in [1.82, 2.24) is 4.98 Å². The van der Waals surface area contributed by atoms with Gasteiger partial charge in [-0.25, -0.2) is 4.79 Å². The largest absolute Gasteiger partial charge is 0.462 e. The van der Waals surface area contributed by atoms with Crippen LogP contribution in [0.15, 0.2) is 30.3 Å². The average Bonchev–Trinajstić information content (AvgIpc) is 2.44. The van der Waals surface area contributed by atoms with Crippen LogP contribution in [0.3, 0.4) is 0 Å². The molecule has 3 nitrogen and oxygen atoms in total. The van der Waals surface area contributed by atoms with Crippen molar-refractivity contribution >= 4 is 16.9 Å². The summed E-state index contributed by atoms with van der Waals surface area (Å²) in [5, 5.41) is 0.978. The number of carbonyl (C=O) groups excluding carboxylic acids is 1. The minimum Gasteiger partial charge on any atom is -0.462 e. The number of rotatable bonds is 5. The lowest BCUT2D eigenvalue weighted by Gasteiger charge is -2.05. The van der Waals surface area contributed by atoms with E-state index in [9.17, 15) is 4.79 Å². The topological polar surface area (TPSA) is 39.2 Å². The van der Waals surface area contributed by atoms with E-state index in [0.717, 1.165) is 29.4 Å². The number of aryl methyl sites for hydroxylation is 1. The van der Waals surface area contributed by atoms with Crippen molar-refractivity contribution < 1.29 is 9.53 Å². The standard InChI is InChI=1S/C16H19NO2/c1-3-5-6-14-9-7-12-11-13(16(18)19-4-2)8-10-15(12)17-14/h7-11H,3-6H2,1-2H3. The van der Waals surface area contributed by atoms with E-state index in [4.69, 9.17) is 4.74 Å². The maximum atomic E-state index is 11.7. The summed E-state index contributed by atoms with van der Waals surface area (Å²) in [4.78, 5) is 16.3. The fraction of sp³-hybridized carbons (Fsp3) is 0.375. The number of unbranched alkanes of at least 4 members (excludes halogenated alkanes) is 1. The summed E-state index contributed by atoms with van der Waals surface area (Å²) in [6, 6.07) is 9.56. The molecule has 0 radical (unpaired) electrons. The third-order valence-corrected chi connectivity index (χ3v) is 3.04. The molecule has 0 fully saturated rings. The molecule has 0 unspecified atom stereocenters. The molecule has 0 bridgehead atoms. The van der Waals surface area contributed by atoms with Crippen LogP contribution in [0.5, 0.6) is 0 Å². The lowest BCUT2D eigenvalue weighted by molar-refractivity contribution is 0.0526. The van der Waals surface area contributed by atoms with Gasteiger partial charge < -0.3 is 4.74 Å². The highest BCUT2D eigenvalue weighted by Crippen LogP contribution is 2.16. The first kappa shape index (κ1) is 13.5. The summed E-state index contributed by atoms with van der Waals surface area (Å²) in [5.74, 6) is -0.278. The number of benzene rings is 1. The smallest absolute Gasteiger partial charge is 0.338 e. The molecule has 0 amide bonds. The Morgan fingerprint density at radius 3 is 2.79 bits per heavy atom. The molecular weight excluding hydrogens is 238 g/mol. The highest BCUT2D eigenvalue weighted by Gasteiger charge is 2.07. The Balaban J connectivity index is 2.27. The minimum absolute atomic E-state index is 0.278. The molecule has 3 heteroatoms. The monoisotopic (exact) mass is 257 g/mol. The molecule has 0 aliphatic rings. The molecule has 1 aromatic heterocycles. The Morgan fingerprint density at radius 2 is 2.05 bits per heavy atom. The maximum Gasteiger partial charge on any atom is 0.338 e. The van der Waals surface area contributed by atoms with E-state index in [1.165, 1.54) is 6.42 Å². The van der Waals surface area contributed by atoms with Gasteiger partial charge >= 0.3 is 5.97 Å². The first-order valence-electron chi connectivity index (χ1n) is 6.81. The number of carbonyl (C=O) groups is 1. The van der Waals surface area contributed by atoms with Gasteiger partial charge in [0, 0.05) is 11.1 Å². The molecule has 2 aromatic rings. The van der Waals surface area contributed by atoms with E-state index < -0.39 is 0 Å². The SMILES string of the molecule is CCCCc1ccc2cc(C(=O)OCC)ccc2n1. The fourth-order valence-corrected chi connectivity index (χ4v) is 2.01. The molecule has 1 heterocycles. The zero-order valence-electron chi connectivity index (χ0n) is 11.5. The van der Waals surface area contributed by atoms with Crippen LogP contribution in [0.4, 0.5) is 0 Å². The van der Waals surface area contributed by atoms with Gasteiger partial charge in [0.05, 0.1) is 17.7 Å². The summed E-state index contributed by atoms with van der Waals surface area (Å²) in [7, 11) is 0. The number of fused-ring (bicyclic) bond motifs is 1. The molecule has 0 atom stereocenters. The molecule has 0 saturated carbocycles. The Labute approximate surface area is 113 Å². The van der Waals surface area contributed by atoms with E-state index >= 15 is 0 Å². The van der Waals surface area contributed by atoms with E-state index in [0.29, 0.717) is 12.2 Å².